The lowest BCUT2D eigenvalue weighted by molar-refractivity contribution is -0.0790. The van der Waals surface area contributed by atoms with Crippen LogP contribution in [-0.4, -0.2) is 50.0 Å². The van der Waals surface area contributed by atoms with E-state index in [0.717, 1.165) is 17.3 Å². The molecule has 0 amide bonds. The van der Waals surface area contributed by atoms with Gasteiger partial charge in [-0.25, -0.2) is 4.39 Å². The van der Waals surface area contributed by atoms with Crippen molar-refractivity contribution >= 4 is 11.8 Å². The van der Waals surface area contributed by atoms with E-state index in [0.29, 0.717) is 17.0 Å². The van der Waals surface area contributed by atoms with Crippen LogP contribution >= 0.6 is 11.8 Å². The van der Waals surface area contributed by atoms with E-state index in [9.17, 15) is 19.7 Å². The van der Waals surface area contributed by atoms with Crippen LogP contribution in [0.2, 0.25) is 0 Å². The molecule has 0 unspecified atom stereocenters. The van der Waals surface area contributed by atoms with Crippen LogP contribution in [0.4, 0.5) is 4.39 Å². The van der Waals surface area contributed by atoms with Crippen LogP contribution in [0, 0.1) is 19.7 Å². The van der Waals surface area contributed by atoms with E-state index < -0.39 is 29.6 Å². The number of ether oxygens (including phenoxy) is 1. The van der Waals surface area contributed by atoms with Crippen LogP contribution in [0.5, 0.6) is 5.75 Å². The fraction of sp³-hybridized carbons (Fsp3) is 0.438. The number of hydrogen-bond acceptors (Lipinski definition) is 7. The molecule has 0 spiro atoms. The second-order valence-corrected chi connectivity index (χ2v) is 6.84. The summed E-state index contributed by atoms with van der Waals surface area (Å²) in [6, 6.07) is 4.45. The Morgan fingerprint density at radius 2 is 2.00 bits per heavy atom. The van der Waals surface area contributed by atoms with Gasteiger partial charge in [-0.3, -0.25) is 0 Å². The summed E-state index contributed by atoms with van der Waals surface area (Å²) in [5.41, 5.74) is 1.15. The number of rotatable bonds is 3. The number of benzene rings is 1. The zero-order chi connectivity index (χ0) is 17.4. The van der Waals surface area contributed by atoms with Crippen molar-refractivity contribution in [3.05, 3.63) is 35.5 Å². The number of halogens is 1. The van der Waals surface area contributed by atoms with Crippen LogP contribution in [-0.2, 0) is 0 Å². The summed E-state index contributed by atoms with van der Waals surface area (Å²) in [5, 5.41) is 33.0. The number of hydrogen-bond donors (Lipinski definition) is 3. The zero-order valence-corrected chi connectivity index (χ0v) is 14.0. The maximum atomic E-state index is 14.4. The molecule has 130 valence electrons. The monoisotopic (exact) mass is 355 g/mol. The molecular formula is C16H18FNO5S. The Morgan fingerprint density at radius 3 is 2.62 bits per heavy atom. The molecule has 1 aliphatic heterocycles. The van der Waals surface area contributed by atoms with Gasteiger partial charge in [0, 0.05) is 11.3 Å². The molecule has 0 radical (unpaired) electrons. The molecule has 1 aromatic carbocycles. The molecule has 2 aromatic rings. The summed E-state index contributed by atoms with van der Waals surface area (Å²) in [6.07, 6.45) is -3.65. The van der Waals surface area contributed by atoms with E-state index in [1.165, 1.54) is 12.1 Å². The van der Waals surface area contributed by atoms with Gasteiger partial charge in [-0.05, 0) is 31.5 Å². The van der Waals surface area contributed by atoms with Crippen molar-refractivity contribution in [2.24, 2.45) is 0 Å². The molecule has 1 saturated heterocycles. The first kappa shape index (κ1) is 17.2. The SMILES string of the molecule is Cc1noc(C)c1-c1ccc(O[C@@H]2SC[C@@H](O)[C@H](O)[C@H]2O)c(F)c1. The number of aromatic nitrogens is 1. The van der Waals surface area contributed by atoms with Gasteiger partial charge in [0.05, 0.1) is 11.8 Å². The third kappa shape index (κ3) is 3.14. The first-order chi connectivity index (χ1) is 11.4. The summed E-state index contributed by atoms with van der Waals surface area (Å²) in [5.74, 6) is 0.157. The van der Waals surface area contributed by atoms with Gasteiger partial charge in [-0.2, -0.15) is 0 Å². The molecule has 0 aliphatic carbocycles. The van der Waals surface area contributed by atoms with Gasteiger partial charge in [-0.15, -0.1) is 11.8 Å². The van der Waals surface area contributed by atoms with Crippen molar-refractivity contribution in [2.45, 2.75) is 37.6 Å². The van der Waals surface area contributed by atoms with E-state index >= 15 is 0 Å². The predicted molar refractivity (Wildman–Crippen MR) is 86.3 cm³/mol. The predicted octanol–water partition coefficient (Wildman–Crippen LogP) is 1.63. The van der Waals surface area contributed by atoms with Gasteiger partial charge in [0.2, 0.25) is 0 Å². The number of aliphatic hydroxyl groups excluding tert-OH is 3. The summed E-state index contributed by atoms with van der Waals surface area (Å²) >= 11 is 1.12. The van der Waals surface area contributed by atoms with Crippen molar-refractivity contribution in [2.75, 3.05) is 5.75 Å². The minimum absolute atomic E-state index is 0.0364. The van der Waals surface area contributed by atoms with Gasteiger partial charge in [-0.1, -0.05) is 11.2 Å². The fourth-order valence-corrected chi connectivity index (χ4v) is 3.77. The highest BCUT2D eigenvalue weighted by Crippen LogP contribution is 2.33. The van der Waals surface area contributed by atoms with Crippen LogP contribution in [0.25, 0.3) is 11.1 Å². The molecule has 1 aliphatic rings. The average molecular weight is 355 g/mol. The standard InChI is InChI=1S/C16H18FNO5S/c1-7-13(8(2)23-18-7)9-3-4-12(10(17)5-9)22-16-15(21)14(20)11(19)6-24-16/h3-5,11,14-16,19-21H,6H2,1-2H3/t11-,14+,15-,16-/m1/s1. The first-order valence-electron chi connectivity index (χ1n) is 7.43. The quantitative estimate of drug-likeness (QED) is 0.770. The maximum absolute atomic E-state index is 14.4. The number of aliphatic hydroxyl groups is 3. The summed E-state index contributed by atoms with van der Waals surface area (Å²) < 4.78 is 24.9. The van der Waals surface area contributed by atoms with Crippen molar-refractivity contribution in [1.82, 2.24) is 5.16 Å². The number of nitrogens with zero attached hydrogens (tertiary/aromatic N) is 1. The minimum Gasteiger partial charge on any atom is -0.474 e. The van der Waals surface area contributed by atoms with Gasteiger partial charge < -0.3 is 24.6 Å². The number of thioether (sulfide) groups is 1. The van der Waals surface area contributed by atoms with Crippen LogP contribution < -0.4 is 4.74 Å². The largest absolute Gasteiger partial charge is 0.474 e. The van der Waals surface area contributed by atoms with Gasteiger partial charge in [0.25, 0.3) is 0 Å². The zero-order valence-electron chi connectivity index (χ0n) is 13.1. The molecule has 4 atom stereocenters. The topological polar surface area (TPSA) is 96.0 Å². The van der Waals surface area contributed by atoms with E-state index in [1.54, 1.807) is 19.9 Å². The normalized spacial score (nSPS) is 27.2. The van der Waals surface area contributed by atoms with E-state index in [-0.39, 0.29) is 11.5 Å². The smallest absolute Gasteiger partial charge is 0.173 e. The van der Waals surface area contributed by atoms with Crippen molar-refractivity contribution < 1.29 is 29.0 Å². The van der Waals surface area contributed by atoms with Gasteiger partial charge in [0.1, 0.15) is 18.0 Å². The summed E-state index contributed by atoms with van der Waals surface area (Å²) in [6.45, 7) is 3.52. The van der Waals surface area contributed by atoms with Gasteiger partial charge in [0.15, 0.2) is 17.0 Å². The Labute approximate surface area is 142 Å². The highest BCUT2D eigenvalue weighted by molar-refractivity contribution is 7.99. The summed E-state index contributed by atoms with van der Waals surface area (Å²) in [4.78, 5) is 0. The van der Waals surface area contributed by atoms with Crippen LogP contribution in [0.3, 0.4) is 0 Å². The van der Waals surface area contributed by atoms with E-state index in [1.807, 2.05) is 0 Å². The number of aryl methyl sites for hydroxylation is 2. The molecule has 0 saturated carbocycles. The molecule has 1 aromatic heterocycles. The molecule has 3 rings (SSSR count). The van der Waals surface area contributed by atoms with Crippen LogP contribution in [0.1, 0.15) is 11.5 Å². The third-order valence-corrected chi connectivity index (χ3v) is 5.19. The van der Waals surface area contributed by atoms with Crippen molar-refractivity contribution in [3.63, 3.8) is 0 Å². The fourth-order valence-electron chi connectivity index (χ4n) is 2.66. The highest BCUT2D eigenvalue weighted by Gasteiger charge is 2.38. The average Bonchev–Trinajstić information content (AvgIpc) is 2.88. The molecule has 0 bridgehead atoms. The Kier molecular flexibility index (Phi) is 4.82. The Morgan fingerprint density at radius 1 is 1.25 bits per heavy atom. The van der Waals surface area contributed by atoms with Crippen molar-refractivity contribution in [1.29, 1.82) is 0 Å². The molecule has 1 fully saturated rings. The molecule has 8 heteroatoms. The Bertz CT molecular complexity index is 718. The third-order valence-electron chi connectivity index (χ3n) is 3.95. The van der Waals surface area contributed by atoms with Crippen molar-refractivity contribution in [3.8, 4) is 16.9 Å². The molecule has 6 nitrogen and oxygen atoms in total. The van der Waals surface area contributed by atoms with E-state index in [4.69, 9.17) is 9.26 Å². The molecule has 24 heavy (non-hydrogen) atoms. The Hall–Kier alpha value is -1.61. The van der Waals surface area contributed by atoms with E-state index in [2.05, 4.69) is 5.16 Å². The summed E-state index contributed by atoms with van der Waals surface area (Å²) in [7, 11) is 0. The lowest BCUT2D eigenvalue weighted by Gasteiger charge is -2.34. The van der Waals surface area contributed by atoms with Gasteiger partial charge >= 0.3 is 0 Å². The Balaban J connectivity index is 1.81. The lowest BCUT2D eigenvalue weighted by atomic mass is 10.0. The minimum atomic E-state index is -1.32. The first-order valence-corrected chi connectivity index (χ1v) is 8.48. The molecule has 2 heterocycles. The lowest BCUT2D eigenvalue weighted by Crippen LogP contribution is -2.50. The molecular weight excluding hydrogens is 337 g/mol. The molecule has 3 N–H and O–H groups in total. The van der Waals surface area contributed by atoms with Crippen LogP contribution in [0.15, 0.2) is 22.7 Å². The second-order valence-electron chi connectivity index (χ2n) is 5.71. The maximum Gasteiger partial charge on any atom is 0.173 e. The second kappa shape index (κ2) is 6.72. The highest BCUT2D eigenvalue weighted by atomic mass is 32.2.